The number of hydrogen-bond donors (Lipinski definition) is 0. The van der Waals surface area contributed by atoms with Gasteiger partial charge in [0, 0.05) is 24.8 Å². The van der Waals surface area contributed by atoms with Gasteiger partial charge in [0.2, 0.25) is 0 Å². The molecule has 4 heteroatoms. The van der Waals surface area contributed by atoms with Crippen molar-refractivity contribution in [2.24, 2.45) is 0 Å². The molecule has 21 heavy (non-hydrogen) atoms. The summed E-state index contributed by atoms with van der Waals surface area (Å²) >= 11 is 5.93. The second kappa shape index (κ2) is 6.64. The molecule has 0 amide bonds. The fourth-order valence-corrected chi connectivity index (χ4v) is 2.19. The summed E-state index contributed by atoms with van der Waals surface area (Å²) in [6.07, 6.45) is 0. The lowest BCUT2D eigenvalue weighted by atomic mass is 9.98. The fraction of sp³-hybridized carbons (Fsp3) is 0.235. The van der Waals surface area contributed by atoms with Crippen molar-refractivity contribution >= 4 is 23.3 Å². The molecule has 2 aromatic rings. The van der Waals surface area contributed by atoms with E-state index in [9.17, 15) is 4.79 Å². The van der Waals surface area contributed by atoms with E-state index in [1.54, 1.807) is 13.0 Å². The fourth-order valence-electron chi connectivity index (χ4n) is 2.07. The summed E-state index contributed by atoms with van der Waals surface area (Å²) in [5, 5.41) is 0.667. The standard InChI is InChI=1S/C17H18ClNO2/c1-4-21-17(20)15-10-9-14(19(2)3)11-16(15)12-5-7-13(18)8-6-12/h5-11H,4H2,1-3H3. The molecule has 0 bridgehead atoms. The first-order chi connectivity index (χ1) is 10.0. The van der Waals surface area contributed by atoms with Crippen molar-refractivity contribution in [3.8, 4) is 11.1 Å². The largest absolute Gasteiger partial charge is 0.462 e. The van der Waals surface area contributed by atoms with Gasteiger partial charge in [0.25, 0.3) is 0 Å². The van der Waals surface area contributed by atoms with E-state index in [1.165, 1.54) is 0 Å². The predicted molar refractivity (Wildman–Crippen MR) is 87.2 cm³/mol. The number of nitrogens with zero attached hydrogens (tertiary/aromatic N) is 1. The highest BCUT2D eigenvalue weighted by molar-refractivity contribution is 6.30. The van der Waals surface area contributed by atoms with Gasteiger partial charge in [-0.2, -0.15) is 0 Å². The first-order valence-corrected chi connectivity index (χ1v) is 7.15. The highest BCUT2D eigenvalue weighted by Gasteiger charge is 2.15. The second-order valence-electron chi connectivity index (χ2n) is 4.85. The molecule has 0 aliphatic carbocycles. The van der Waals surface area contributed by atoms with Crippen LogP contribution in [0.4, 0.5) is 5.69 Å². The summed E-state index contributed by atoms with van der Waals surface area (Å²) in [6.45, 7) is 2.16. The number of benzene rings is 2. The summed E-state index contributed by atoms with van der Waals surface area (Å²) in [5.41, 5.74) is 3.36. The number of halogens is 1. The Kier molecular flexibility index (Phi) is 4.86. The Morgan fingerprint density at radius 1 is 1.14 bits per heavy atom. The van der Waals surface area contributed by atoms with Crippen LogP contribution in [0.3, 0.4) is 0 Å². The highest BCUT2D eigenvalue weighted by Crippen LogP contribution is 2.29. The number of esters is 1. The lowest BCUT2D eigenvalue weighted by Crippen LogP contribution is -2.11. The Morgan fingerprint density at radius 2 is 1.81 bits per heavy atom. The predicted octanol–water partition coefficient (Wildman–Crippen LogP) is 4.25. The van der Waals surface area contributed by atoms with Crippen LogP contribution in [-0.2, 0) is 4.74 Å². The minimum absolute atomic E-state index is 0.312. The molecule has 0 unspecified atom stereocenters. The minimum Gasteiger partial charge on any atom is -0.462 e. The summed E-state index contributed by atoms with van der Waals surface area (Å²) in [5.74, 6) is -0.312. The zero-order chi connectivity index (χ0) is 15.4. The maximum Gasteiger partial charge on any atom is 0.338 e. The van der Waals surface area contributed by atoms with Crippen LogP contribution in [0.5, 0.6) is 0 Å². The smallest absolute Gasteiger partial charge is 0.338 e. The van der Waals surface area contributed by atoms with Crippen molar-refractivity contribution in [1.82, 2.24) is 0 Å². The second-order valence-corrected chi connectivity index (χ2v) is 5.29. The monoisotopic (exact) mass is 303 g/mol. The molecule has 0 fully saturated rings. The van der Waals surface area contributed by atoms with Gasteiger partial charge < -0.3 is 9.64 Å². The van der Waals surface area contributed by atoms with Crippen LogP contribution in [0.1, 0.15) is 17.3 Å². The SMILES string of the molecule is CCOC(=O)c1ccc(N(C)C)cc1-c1ccc(Cl)cc1. The van der Waals surface area contributed by atoms with E-state index < -0.39 is 0 Å². The molecular formula is C17H18ClNO2. The average molecular weight is 304 g/mol. The van der Waals surface area contributed by atoms with Gasteiger partial charge in [-0.15, -0.1) is 0 Å². The molecule has 0 aliphatic heterocycles. The molecule has 0 aliphatic rings. The third-order valence-corrected chi connectivity index (χ3v) is 3.42. The summed E-state index contributed by atoms with van der Waals surface area (Å²) in [4.78, 5) is 14.1. The molecule has 0 radical (unpaired) electrons. The quantitative estimate of drug-likeness (QED) is 0.791. The zero-order valence-corrected chi connectivity index (χ0v) is 13.1. The Hall–Kier alpha value is -2.00. The lowest BCUT2D eigenvalue weighted by Gasteiger charge is -2.16. The maximum absolute atomic E-state index is 12.1. The van der Waals surface area contributed by atoms with Crippen molar-refractivity contribution in [1.29, 1.82) is 0 Å². The molecule has 0 atom stereocenters. The Balaban J connectivity index is 2.55. The summed E-state index contributed by atoms with van der Waals surface area (Å²) in [6, 6.07) is 13.1. The van der Waals surface area contributed by atoms with Crippen molar-refractivity contribution in [3.63, 3.8) is 0 Å². The van der Waals surface area contributed by atoms with Crippen molar-refractivity contribution < 1.29 is 9.53 Å². The van der Waals surface area contributed by atoms with E-state index in [0.29, 0.717) is 17.2 Å². The molecule has 0 saturated carbocycles. The molecule has 0 saturated heterocycles. The zero-order valence-electron chi connectivity index (χ0n) is 12.4. The average Bonchev–Trinajstić information content (AvgIpc) is 2.47. The van der Waals surface area contributed by atoms with Crippen LogP contribution in [0.25, 0.3) is 11.1 Å². The number of rotatable bonds is 4. The van der Waals surface area contributed by atoms with Crippen molar-refractivity contribution in [2.75, 3.05) is 25.6 Å². The highest BCUT2D eigenvalue weighted by atomic mass is 35.5. The van der Waals surface area contributed by atoms with E-state index in [4.69, 9.17) is 16.3 Å². The summed E-state index contributed by atoms with van der Waals surface area (Å²) < 4.78 is 5.14. The van der Waals surface area contributed by atoms with E-state index in [-0.39, 0.29) is 5.97 Å². The van der Waals surface area contributed by atoms with Gasteiger partial charge in [-0.05, 0) is 48.4 Å². The Morgan fingerprint density at radius 3 is 2.38 bits per heavy atom. The summed E-state index contributed by atoms with van der Waals surface area (Å²) in [7, 11) is 3.93. The number of carbonyl (C=O) groups is 1. The maximum atomic E-state index is 12.1. The first-order valence-electron chi connectivity index (χ1n) is 6.77. The Labute approximate surface area is 130 Å². The van der Waals surface area contributed by atoms with Gasteiger partial charge in [0.1, 0.15) is 0 Å². The van der Waals surface area contributed by atoms with E-state index in [2.05, 4.69) is 0 Å². The van der Waals surface area contributed by atoms with Gasteiger partial charge in [-0.3, -0.25) is 0 Å². The number of hydrogen-bond acceptors (Lipinski definition) is 3. The molecule has 0 spiro atoms. The van der Waals surface area contributed by atoms with Gasteiger partial charge in [-0.1, -0.05) is 23.7 Å². The molecule has 110 valence electrons. The van der Waals surface area contributed by atoms with Crippen LogP contribution in [0, 0.1) is 0 Å². The van der Waals surface area contributed by atoms with Crippen molar-refractivity contribution in [3.05, 3.63) is 53.1 Å². The van der Waals surface area contributed by atoms with E-state index in [0.717, 1.165) is 16.8 Å². The van der Waals surface area contributed by atoms with Crippen LogP contribution in [0.2, 0.25) is 5.02 Å². The lowest BCUT2D eigenvalue weighted by molar-refractivity contribution is 0.0527. The molecule has 2 rings (SSSR count). The van der Waals surface area contributed by atoms with Crippen molar-refractivity contribution in [2.45, 2.75) is 6.92 Å². The van der Waals surface area contributed by atoms with Crippen LogP contribution >= 0.6 is 11.6 Å². The molecular weight excluding hydrogens is 286 g/mol. The number of anilines is 1. The number of carbonyl (C=O) groups excluding carboxylic acids is 1. The van der Waals surface area contributed by atoms with Gasteiger partial charge in [-0.25, -0.2) is 4.79 Å². The van der Waals surface area contributed by atoms with Crippen LogP contribution in [-0.4, -0.2) is 26.7 Å². The third-order valence-electron chi connectivity index (χ3n) is 3.17. The van der Waals surface area contributed by atoms with Gasteiger partial charge >= 0.3 is 5.97 Å². The first kappa shape index (κ1) is 15.4. The molecule has 3 nitrogen and oxygen atoms in total. The van der Waals surface area contributed by atoms with E-state index in [1.807, 2.05) is 55.4 Å². The van der Waals surface area contributed by atoms with Crippen LogP contribution < -0.4 is 4.90 Å². The molecule has 0 heterocycles. The third kappa shape index (κ3) is 3.56. The minimum atomic E-state index is -0.312. The number of ether oxygens (including phenoxy) is 1. The molecule has 2 aromatic carbocycles. The molecule has 0 N–H and O–H groups in total. The van der Waals surface area contributed by atoms with Crippen LogP contribution in [0.15, 0.2) is 42.5 Å². The Bertz CT molecular complexity index is 636. The van der Waals surface area contributed by atoms with E-state index >= 15 is 0 Å². The molecule has 0 aromatic heterocycles. The topological polar surface area (TPSA) is 29.5 Å². The normalized spacial score (nSPS) is 10.3. The van der Waals surface area contributed by atoms with Gasteiger partial charge in [0.05, 0.1) is 12.2 Å². The van der Waals surface area contributed by atoms with Gasteiger partial charge in [0.15, 0.2) is 0 Å².